The Hall–Kier alpha value is 1.22. The summed E-state index contributed by atoms with van der Waals surface area (Å²) in [5, 5.41) is 10.3. The molecule has 0 aromatic carbocycles. The van der Waals surface area contributed by atoms with Gasteiger partial charge in [-0.05, 0) is 12.5 Å². The average molecular weight is 408 g/mol. The third-order valence-electron chi connectivity index (χ3n) is 0.969. The number of hydrogen-bond donors (Lipinski definition) is 0. The summed E-state index contributed by atoms with van der Waals surface area (Å²) < 4.78 is 0.771. The molecule has 1 aromatic rings. The Bertz CT molecular complexity index is 255. The number of hydrogen-bond acceptors (Lipinski definition) is 1. The summed E-state index contributed by atoms with van der Waals surface area (Å²) in [6.07, 6.45) is 2.96. The summed E-state index contributed by atoms with van der Waals surface area (Å²) in [7, 11) is 25.2. The first-order valence-electron chi connectivity index (χ1n) is 3.29. The number of pyridine rings is 1. The van der Waals surface area contributed by atoms with Crippen molar-refractivity contribution in [1.29, 1.82) is 0 Å². The zero-order chi connectivity index (χ0) is 11.4. The summed E-state index contributed by atoms with van der Waals surface area (Å²) in [6.45, 7) is 1.94. The molecule has 0 aliphatic rings. The van der Waals surface area contributed by atoms with E-state index in [1.54, 1.807) is 12.1 Å². The van der Waals surface area contributed by atoms with Gasteiger partial charge in [-0.3, -0.25) is 0 Å². The Morgan fingerprint density at radius 2 is 1.36 bits per heavy atom. The zero-order valence-corrected chi connectivity index (χ0v) is 13.3. The number of aryl methyl sites for hydroxylation is 1. The molecule has 1 aromatic heterocycles. The van der Waals surface area contributed by atoms with Crippen molar-refractivity contribution < 1.29 is 4.73 Å². The predicted octanol–water partition coefficient (Wildman–Crippen LogP) is 3.70. The van der Waals surface area contributed by atoms with Crippen LogP contribution in [0.1, 0.15) is 5.56 Å². The van der Waals surface area contributed by atoms with Crippen LogP contribution in [0.3, 0.4) is 0 Å². The maximum absolute atomic E-state index is 10.3. The minimum absolute atomic E-state index is 0.771. The van der Waals surface area contributed by atoms with E-state index in [-0.39, 0.29) is 0 Å². The first-order chi connectivity index (χ1) is 6.02. The summed E-state index contributed by atoms with van der Waals surface area (Å²) >= 11 is -4.33. The van der Waals surface area contributed by atoms with Gasteiger partial charge in [0.25, 0.3) is 0 Å². The van der Waals surface area contributed by atoms with Crippen molar-refractivity contribution in [1.82, 2.24) is 0 Å². The normalized spacial score (nSPS) is 13.4. The quantitative estimate of drug-likeness (QED) is 0.366. The van der Waals surface area contributed by atoms with Crippen molar-refractivity contribution >= 4 is 55.8 Å². The molecule has 0 bridgehead atoms. The standard InChI is InChI=1S/C6H7NO.5ClH.Sb/c1-6-2-4-7(8)5-3-6;;;;;;/h2-5H,1H3;5*1H;/q;;;;;;+5/p-5. The fourth-order valence-electron chi connectivity index (χ4n) is 0.487. The van der Waals surface area contributed by atoms with E-state index in [9.17, 15) is 5.21 Å². The molecule has 1 rings (SSSR count). The van der Waals surface area contributed by atoms with Gasteiger partial charge in [-0.25, -0.2) is 0 Å². The Kier molecular flexibility index (Phi) is 6.00. The summed E-state index contributed by atoms with van der Waals surface area (Å²) in [4.78, 5) is 0. The van der Waals surface area contributed by atoms with Gasteiger partial charge >= 0.3 is 55.8 Å². The Morgan fingerprint density at radius 3 is 1.57 bits per heavy atom. The minimum atomic E-state index is -4.33. The Morgan fingerprint density at radius 1 is 1.07 bits per heavy atom. The van der Waals surface area contributed by atoms with E-state index in [1.807, 2.05) is 6.92 Å². The van der Waals surface area contributed by atoms with Gasteiger partial charge in [0.15, 0.2) is 12.4 Å². The van der Waals surface area contributed by atoms with Gasteiger partial charge < -0.3 is 5.21 Å². The summed E-state index contributed by atoms with van der Waals surface area (Å²) in [5.74, 6) is 0. The van der Waals surface area contributed by atoms with Crippen LogP contribution in [0.5, 0.6) is 0 Å². The molecule has 1 heterocycles. The Balaban J connectivity index is 0.000000255. The van der Waals surface area contributed by atoms with Crippen molar-refractivity contribution in [2.75, 3.05) is 0 Å². The van der Waals surface area contributed by atoms with E-state index in [4.69, 9.17) is 44.1 Å². The number of halogens is 5. The number of rotatable bonds is 0. The van der Waals surface area contributed by atoms with Crippen LogP contribution in [0.15, 0.2) is 24.5 Å². The van der Waals surface area contributed by atoms with Crippen molar-refractivity contribution in [3.8, 4) is 0 Å². The maximum atomic E-state index is 10.3. The van der Waals surface area contributed by atoms with E-state index in [1.165, 1.54) is 12.4 Å². The van der Waals surface area contributed by atoms with Crippen molar-refractivity contribution in [2.45, 2.75) is 6.92 Å². The third kappa shape index (κ3) is 15.7. The first kappa shape index (κ1) is 15.2. The van der Waals surface area contributed by atoms with Crippen LogP contribution in [0.2, 0.25) is 0 Å². The van der Waals surface area contributed by atoms with Crippen LogP contribution in [0.25, 0.3) is 0 Å². The topological polar surface area (TPSA) is 26.9 Å². The molecule has 0 unspecified atom stereocenters. The molecule has 0 amide bonds. The van der Waals surface area contributed by atoms with E-state index < -0.39 is 11.7 Å². The molecule has 2 nitrogen and oxygen atoms in total. The molecule has 82 valence electrons. The molecule has 0 saturated carbocycles. The molecule has 0 aliphatic carbocycles. The van der Waals surface area contributed by atoms with Gasteiger partial charge in [0.1, 0.15) is 0 Å². The molecule has 0 aliphatic heterocycles. The van der Waals surface area contributed by atoms with Crippen LogP contribution in [-0.2, 0) is 0 Å². The van der Waals surface area contributed by atoms with Gasteiger partial charge in [-0.15, -0.1) is 0 Å². The Labute approximate surface area is 102 Å². The molecule has 0 spiro atoms. The van der Waals surface area contributed by atoms with Crippen LogP contribution in [0.4, 0.5) is 0 Å². The predicted molar refractivity (Wildman–Crippen MR) is 65.2 cm³/mol. The van der Waals surface area contributed by atoms with Gasteiger partial charge in [0, 0.05) is 12.1 Å². The van der Waals surface area contributed by atoms with E-state index in [0.717, 1.165) is 10.3 Å². The van der Waals surface area contributed by atoms with E-state index in [2.05, 4.69) is 0 Å². The summed E-state index contributed by atoms with van der Waals surface area (Å²) in [5.41, 5.74) is 1.11. The molecule has 0 fully saturated rings. The third-order valence-corrected chi connectivity index (χ3v) is 0.969. The molecule has 0 atom stereocenters. The molecule has 0 N–H and O–H groups in total. The van der Waals surface area contributed by atoms with Gasteiger partial charge in [0.05, 0.1) is 0 Å². The van der Waals surface area contributed by atoms with Crippen LogP contribution >= 0.6 is 44.1 Å². The molecule has 8 heteroatoms. The van der Waals surface area contributed by atoms with Gasteiger partial charge in [0.2, 0.25) is 0 Å². The SMILES string of the molecule is Cc1cc[n+]([O-])cc1.[Cl][Sb]([Cl])([Cl])([Cl])[Cl]. The fraction of sp³-hybridized carbons (Fsp3) is 0.167. The molecule has 0 saturated heterocycles. The van der Waals surface area contributed by atoms with Crippen molar-refractivity contribution in [3.05, 3.63) is 35.3 Å². The van der Waals surface area contributed by atoms with Crippen LogP contribution in [-0.4, -0.2) is 11.7 Å². The molecular weight excluding hydrogens is 401 g/mol. The van der Waals surface area contributed by atoms with Crippen molar-refractivity contribution in [2.24, 2.45) is 0 Å². The second-order valence-electron chi connectivity index (χ2n) is 2.37. The van der Waals surface area contributed by atoms with Crippen LogP contribution in [0, 0.1) is 12.1 Å². The molecular formula is C6H7Cl5NOSb. The van der Waals surface area contributed by atoms with Crippen molar-refractivity contribution in [3.63, 3.8) is 0 Å². The van der Waals surface area contributed by atoms with Crippen LogP contribution < -0.4 is 4.73 Å². The zero-order valence-electron chi connectivity index (χ0n) is 7.00. The fourth-order valence-corrected chi connectivity index (χ4v) is 0.487. The summed E-state index contributed by atoms with van der Waals surface area (Å²) in [6, 6.07) is 3.54. The monoisotopic (exact) mass is 405 g/mol. The van der Waals surface area contributed by atoms with E-state index >= 15 is 0 Å². The number of aromatic nitrogens is 1. The van der Waals surface area contributed by atoms with E-state index in [0.29, 0.717) is 0 Å². The van der Waals surface area contributed by atoms with Gasteiger partial charge in [-0.1, -0.05) is 0 Å². The average Bonchev–Trinajstić information content (AvgIpc) is 1.90. The second kappa shape index (κ2) is 5.52. The second-order valence-corrected chi connectivity index (χ2v) is 40.3. The first-order valence-corrected chi connectivity index (χ1v) is 19.5. The van der Waals surface area contributed by atoms with Gasteiger partial charge in [-0.2, -0.15) is 4.73 Å². The molecule has 14 heavy (non-hydrogen) atoms. The molecule has 0 radical (unpaired) electrons. The number of nitrogens with zero attached hydrogens (tertiary/aromatic N) is 1.